The van der Waals surface area contributed by atoms with E-state index in [9.17, 15) is 27.6 Å². The maximum Gasteiger partial charge on any atom is 0.330 e. The van der Waals surface area contributed by atoms with E-state index in [-0.39, 0.29) is 28.7 Å². The monoisotopic (exact) mass is 465 g/mol. The average molecular weight is 466 g/mol. The topological polar surface area (TPSA) is 156 Å². The summed E-state index contributed by atoms with van der Waals surface area (Å²) < 4.78 is 27.6. The lowest BCUT2D eigenvalue weighted by molar-refractivity contribution is -0.118. The van der Waals surface area contributed by atoms with Gasteiger partial charge in [0.05, 0.1) is 11.4 Å². The molecule has 1 amide bonds. The first kappa shape index (κ1) is 25.0. The first-order valence-electron chi connectivity index (χ1n) is 9.88. The number of ketones is 1. The number of hydrogen-bond acceptors (Lipinski definition) is 7. The zero-order valence-electron chi connectivity index (χ0n) is 18.4. The zero-order valence-corrected chi connectivity index (χ0v) is 19.2. The van der Waals surface area contributed by atoms with Gasteiger partial charge in [0, 0.05) is 26.2 Å². The molecule has 0 spiro atoms. The number of anilines is 2. The van der Waals surface area contributed by atoms with Crippen LogP contribution < -0.4 is 21.9 Å². The van der Waals surface area contributed by atoms with Crippen molar-refractivity contribution < 1.29 is 18.0 Å². The molecule has 0 fully saturated rings. The van der Waals surface area contributed by atoms with Gasteiger partial charge < -0.3 is 10.6 Å². The summed E-state index contributed by atoms with van der Waals surface area (Å²) in [5, 5.41) is 0. The van der Waals surface area contributed by atoms with Crippen molar-refractivity contribution in [3.63, 3.8) is 0 Å². The van der Waals surface area contributed by atoms with Crippen LogP contribution in [0.5, 0.6) is 0 Å². The Labute approximate surface area is 185 Å². The Kier molecular flexibility index (Phi) is 7.75. The molecular formula is C20H27N5O6S. The van der Waals surface area contributed by atoms with Crippen molar-refractivity contribution in [1.82, 2.24) is 13.9 Å². The molecule has 11 nitrogen and oxygen atoms in total. The number of Topliss-reactive ketones (excluding diaryl/α,β-unsaturated/α-hetero) is 1. The number of hydrogen-bond donors (Lipinski definition) is 2. The van der Waals surface area contributed by atoms with Gasteiger partial charge in [0.15, 0.2) is 11.5 Å². The predicted octanol–water partition coefficient (Wildman–Crippen LogP) is 0.405. The van der Waals surface area contributed by atoms with Gasteiger partial charge in [-0.2, -0.15) is 4.31 Å². The fraction of sp³-hybridized carbons (Fsp3) is 0.400. The number of aromatic amines is 1. The van der Waals surface area contributed by atoms with Crippen molar-refractivity contribution in [2.75, 3.05) is 31.3 Å². The second kappa shape index (κ2) is 9.92. The van der Waals surface area contributed by atoms with E-state index in [2.05, 4.69) is 4.98 Å². The van der Waals surface area contributed by atoms with Gasteiger partial charge in [0.25, 0.3) is 5.56 Å². The number of carbonyl (C=O) groups is 2. The van der Waals surface area contributed by atoms with Crippen molar-refractivity contribution in [3.05, 3.63) is 50.7 Å². The van der Waals surface area contributed by atoms with Crippen molar-refractivity contribution in [3.8, 4) is 0 Å². The smallest absolute Gasteiger partial charge is 0.330 e. The number of nitrogens with one attached hydrogen (secondary N) is 1. The SMILES string of the molecule is CCCCn1c(N)c(N(C)C(=O)CN(C)S(=O)(=O)c2ccc(C(C)=O)cc2)c(=O)[nH]c1=O. The molecule has 3 N–H and O–H groups in total. The van der Waals surface area contributed by atoms with E-state index in [4.69, 9.17) is 5.73 Å². The molecule has 1 aromatic carbocycles. The Morgan fingerprint density at radius 2 is 1.72 bits per heavy atom. The Balaban J connectivity index is 2.29. The van der Waals surface area contributed by atoms with E-state index in [0.29, 0.717) is 12.0 Å². The minimum Gasteiger partial charge on any atom is -0.383 e. The van der Waals surface area contributed by atoms with Crippen LogP contribution >= 0.6 is 0 Å². The number of H-pyrrole nitrogens is 1. The number of rotatable bonds is 9. The third-order valence-electron chi connectivity index (χ3n) is 4.99. The molecule has 0 radical (unpaired) electrons. The van der Waals surface area contributed by atoms with Crippen LogP contribution in [0, 0.1) is 0 Å². The number of nitrogens with two attached hydrogens (primary N) is 1. The van der Waals surface area contributed by atoms with Crippen LogP contribution in [0.25, 0.3) is 0 Å². The van der Waals surface area contributed by atoms with Gasteiger partial charge in [-0.25, -0.2) is 13.2 Å². The van der Waals surface area contributed by atoms with Crippen molar-refractivity contribution in [2.24, 2.45) is 0 Å². The lowest BCUT2D eigenvalue weighted by Crippen LogP contribution is -2.43. The lowest BCUT2D eigenvalue weighted by atomic mass is 10.2. The van der Waals surface area contributed by atoms with E-state index < -0.39 is 33.7 Å². The number of sulfonamides is 1. The van der Waals surface area contributed by atoms with E-state index in [1.54, 1.807) is 0 Å². The highest BCUT2D eigenvalue weighted by Crippen LogP contribution is 2.18. The van der Waals surface area contributed by atoms with Crippen LogP contribution in [-0.4, -0.2) is 54.6 Å². The Morgan fingerprint density at radius 3 is 2.25 bits per heavy atom. The molecule has 0 aliphatic carbocycles. The standard InChI is InChI=1S/C20H27N5O6S/c1-5-6-11-25-18(21)17(19(28)22-20(25)29)24(4)16(27)12-23(3)32(30,31)15-9-7-14(8-10-15)13(2)26/h7-10H,5-6,11-12,21H2,1-4H3,(H,22,28,29). The third-order valence-corrected chi connectivity index (χ3v) is 6.80. The molecule has 12 heteroatoms. The molecule has 1 heterocycles. The number of aromatic nitrogens is 2. The average Bonchev–Trinajstić information content (AvgIpc) is 2.73. The highest BCUT2D eigenvalue weighted by atomic mass is 32.2. The summed E-state index contributed by atoms with van der Waals surface area (Å²) >= 11 is 0. The molecule has 2 rings (SSSR count). The summed E-state index contributed by atoms with van der Waals surface area (Å²) in [5.74, 6) is -1.11. The normalized spacial score (nSPS) is 11.5. The molecule has 0 bridgehead atoms. The van der Waals surface area contributed by atoms with Crippen LogP contribution in [0.15, 0.2) is 38.8 Å². The van der Waals surface area contributed by atoms with Crippen LogP contribution in [0.4, 0.5) is 11.5 Å². The van der Waals surface area contributed by atoms with E-state index in [0.717, 1.165) is 15.6 Å². The number of nitrogens with zero attached hydrogens (tertiary/aromatic N) is 3. The molecule has 0 atom stereocenters. The number of unbranched alkanes of at least 4 members (excludes halogenated alkanes) is 1. The van der Waals surface area contributed by atoms with Crippen LogP contribution in [0.1, 0.15) is 37.0 Å². The number of benzene rings is 1. The van der Waals surface area contributed by atoms with Gasteiger partial charge in [-0.1, -0.05) is 25.5 Å². The van der Waals surface area contributed by atoms with Gasteiger partial charge in [-0.05, 0) is 25.5 Å². The molecule has 0 aliphatic heterocycles. The van der Waals surface area contributed by atoms with Gasteiger partial charge in [0.2, 0.25) is 15.9 Å². The van der Waals surface area contributed by atoms with E-state index in [1.165, 1.54) is 49.9 Å². The van der Waals surface area contributed by atoms with Crippen molar-refractivity contribution in [2.45, 2.75) is 38.1 Å². The van der Waals surface area contributed by atoms with E-state index >= 15 is 0 Å². The number of carbonyl (C=O) groups excluding carboxylic acids is 2. The first-order chi connectivity index (χ1) is 14.9. The zero-order chi connectivity index (χ0) is 24.2. The Morgan fingerprint density at radius 1 is 1.12 bits per heavy atom. The molecule has 0 aliphatic rings. The van der Waals surface area contributed by atoms with Gasteiger partial charge in [0.1, 0.15) is 5.82 Å². The fourth-order valence-electron chi connectivity index (χ4n) is 2.99. The molecule has 0 unspecified atom stereocenters. The van der Waals surface area contributed by atoms with Crippen LogP contribution in [0.3, 0.4) is 0 Å². The fourth-order valence-corrected chi connectivity index (χ4v) is 4.11. The second-order valence-corrected chi connectivity index (χ2v) is 9.34. The molecule has 0 saturated carbocycles. The molecule has 174 valence electrons. The maximum atomic E-state index is 12.8. The predicted molar refractivity (Wildman–Crippen MR) is 120 cm³/mol. The van der Waals surface area contributed by atoms with Crippen molar-refractivity contribution >= 4 is 33.2 Å². The molecule has 2 aromatic rings. The summed E-state index contributed by atoms with van der Waals surface area (Å²) in [6.07, 6.45) is 1.42. The Bertz CT molecular complexity index is 1230. The summed E-state index contributed by atoms with van der Waals surface area (Å²) in [4.78, 5) is 51.5. The van der Waals surface area contributed by atoms with E-state index in [1.807, 2.05) is 6.92 Å². The summed E-state index contributed by atoms with van der Waals surface area (Å²) in [6.45, 7) is 2.97. The summed E-state index contributed by atoms with van der Waals surface area (Å²) in [7, 11) is -1.54. The molecule has 0 saturated heterocycles. The summed E-state index contributed by atoms with van der Waals surface area (Å²) in [5.41, 5.74) is 4.60. The minimum atomic E-state index is -4.04. The third kappa shape index (κ3) is 5.14. The maximum absolute atomic E-state index is 12.8. The second-order valence-electron chi connectivity index (χ2n) is 7.29. The minimum absolute atomic E-state index is 0.0917. The van der Waals surface area contributed by atoms with Crippen molar-refractivity contribution in [1.29, 1.82) is 0 Å². The number of amides is 1. The highest BCUT2D eigenvalue weighted by molar-refractivity contribution is 7.89. The lowest BCUT2D eigenvalue weighted by Gasteiger charge is -2.23. The summed E-state index contributed by atoms with van der Waals surface area (Å²) in [6, 6.07) is 5.33. The van der Waals surface area contributed by atoms with Crippen LogP contribution in [0.2, 0.25) is 0 Å². The first-order valence-corrected chi connectivity index (χ1v) is 11.3. The number of likely N-dealkylation sites (N-methyl/N-ethyl adjacent to an activating group) is 2. The van der Waals surface area contributed by atoms with Gasteiger partial charge in [-0.15, -0.1) is 0 Å². The number of nitrogen functional groups attached to an aromatic ring is 1. The van der Waals surface area contributed by atoms with Crippen LogP contribution in [-0.2, 0) is 21.4 Å². The molecule has 1 aromatic heterocycles. The molecule has 32 heavy (non-hydrogen) atoms. The van der Waals surface area contributed by atoms with Gasteiger partial charge in [-0.3, -0.25) is 23.9 Å². The molecular weight excluding hydrogens is 438 g/mol. The quantitative estimate of drug-likeness (QED) is 0.508. The highest BCUT2D eigenvalue weighted by Gasteiger charge is 2.27. The largest absolute Gasteiger partial charge is 0.383 e. The van der Waals surface area contributed by atoms with Gasteiger partial charge >= 0.3 is 5.69 Å². The Hall–Kier alpha value is -3.25.